The summed E-state index contributed by atoms with van der Waals surface area (Å²) in [6.45, 7) is 2.01. The fourth-order valence-electron chi connectivity index (χ4n) is 2.30. The molecule has 5 heteroatoms. The number of carbonyl (C=O) groups excluding carboxylic acids is 1. The maximum atomic E-state index is 13.4. The molecule has 1 heterocycles. The first-order chi connectivity index (χ1) is 11.2. The van der Waals surface area contributed by atoms with E-state index in [1.807, 2.05) is 30.3 Å². The van der Waals surface area contributed by atoms with Crippen LogP contribution in [0, 0.1) is 5.82 Å². The Balaban J connectivity index is 2.12. The van der Waals surface area contributed by atoms with E-state index in [4.69, 9.17) is 4.74 Å². The number of H-pyrrole nitrogens is 1. The topological polar surface area (TPSA) is 55.0 Å². The molecule has 0 radical (unpaired) electrons. The van der Waals surface area contributed by atoms with Crippen LogP contribution in [0.15, 0.2) is 54.6 Å². The summed E-state index contributed by atoms with van der Waals surface area (Å²) >= 11 is 0. The zero-order valence-corrected chi connectivity index (χ0v) is 12.5. The van der Waals surface area contributed by atoms with Crippen LogP contribution in [0.1, 0.15) is 17.4 Å². The highest BCUT2D eigenvalue weighted by atomic mass is 19.1. The molecule has 0 aliphatic heterocycles. The van der Waals surface area contributed by atoms with Gasteiger partial charge in [-0.2, -0.15) is 0 Å². The summed E-state index contributed by atoms with van der Waals surface area (Å²) in [5.74, 6) is -0.425. The Labute approximate surface area is 133 Å². The van der Waals surface area contributed by atoms with E-state index < -0.39 is 5.97 Å². The van der Waals surface area contributed by atoms with Crippen molar-refractivity contribution in [3.05, 3.63) is 66.1 Å². The molecule has 116 valence electrons. The summed E-state index contributed by atoms with van der Waals surface area (Å²) in [5, 5.41) is 0. The molecule has 0 aliphatic carbocycles. The lowest BCUT2D eigenvalue weighted by Gasteiger charge is -2.02. The molecule has 0 aliphatic rings. The number of benzene rings is 2. The maximum absolute atomic E-state index is 13.4. The standard InChI is InChI=1S/C18H15FN2O2/c1-2-23-18(22)16-15(12-7-4-3-5-8-12)20-17(21-16)13-9-6-10-14(19)11-13/h3-11H,2H2,1H3,(H,20,21). The number of hydrogen-bond acceptors (Lipinski definition) is 3. The van der Waals surface area contributed by atoms with E-state index in [1.54, 1.807) is 19.1 Å². The number of aromatic nitrogens is 2. The van der Waals surface area contributed by atoms with E-state index in [0.717, 1.165) is 5.56 Å². The van der Waals surface area contributed by atoms with Crippen molar-refractivity contribution >= 4 is 5.97 Å². The van der Waals surface area contributed by atoms with Gasteiger partial charge in [0.2, 0.25) is 0 Å². The lowest BCUT2D eigenvalue weighted by Crippen LogP contribution is -2.06. The molecule has 4 nitrogen and oxygen atoms in total. The molecule has 3 aromatic rings. The smallest absolute Gasteiger partial charge is 0.357 e. The molecule has 0 fully saturated rings. The summed E-state index contributed by atoms with van der Waals surface area (Å²) in [6, 6.07) is 15.4. The monoisotopic (exact) mass is 310 g/mol. The molecule has 0 amide bonds. The normalized spacial score (nSPS) is 10.5. The van der Waals surface area contributed by atoms with Crippen molar-refractivity contribution in [2.75, 3.05) is 6.61 Å². The van der Waals surface area contributed by atoms with Crippen molar-refractivity contribution in [3.8, 4) is 22.6 Å². The molecular weight excluding hydrogens is 295 g/mol. The van der Waals surface area contributed by atoms with Gasteiger partial charge in [-0.1, -0.05) is 42.5 Å². The van der Waals surface area contributed by atoms with E-state index in [2.05, 4.69) is 9.97 Å². The zero-order valence-electron chi connectivity index (χ0n) is 12.5. The van der Waals surface area contributed by atoms with Gasteiger partial charge in [-0.3, -0.25) is 0 Å². The molecule has 2 aromatic carbocycles. The van der Waals surface area contributed by atoms with E-state index in [-0.39, 0.29) is 18.1 Å². The third-order valence-corrected chi connectivity index (χ3v) is 3.33. The predicted molar refractivity (Wildman–Crippen MR) is 85.4 cm³/mol. The first-order valence-corrected chi connectivity index (χ1v) is 7.27. The van der Waals surface area contributed by atoms with Crippen LogP contribution in [0.3, 0.4) is 0 Å². The number of aromatic amines is 1. The van der Waals surface area contributed by atoms with Gasteiger partial charge in [0.15, 0.2) is 5.69 Å². The molecule has 0 saturated carbocycles. The Kier molecular flexibility index (Phi) is 4.19. The highest BCUT2D eigenvalue weighted by Gasteiger charge is 2.20. The highest BCUT2D eigenvalue weighted by Crippen LogP contribution is 2.26. The summed E-state index contributed by atoms with van der Waals surface area (Å²) in [4.78, 5) is 19.6. The second kappa shape index (κ2) is 6.44. The largest absolute Gasteiger partial charge is 0.461 e. The molecule has 0 unspecified atom stereocenters. The lowest BCUT2D eigenvalue weighted by atomic mass is 10.1. The van der Waals surface area contributed by atoms with E-state index in [9.17, 15) is 9.18 Å². The average Bonchev–Trinajstić information content (AvgIpc) is 3.01. The van der Waals surface area contributed by atoms with E-state index in [1.165, 1.54) is 12.1 Å². The van der Waals surface area contributed by atoms with Crippen LogP contribution >= 0.6 is 0 Å². The number of imidazole rings is 1. The van der Waals surface area contributed by atoms with Gasteiger partial charge < -0.3 is 9.72 Å². The molecular formula is C18H15FN2O2. The fourth-order valence-corrected chi connectivity index (χ4v) is 2.30. The van der Waals surface area contributed by atoms with Gasteiger partial charge in [0.25, 0.3) is 0 Å². The first-order valence-electron chi connectivity index (χ1n) is 7.27. The number of esters is 1. The average molecular weight is 310 g/mol. The SMILES string of the molecule is CCOC(=O)c1[nH]c(-c2cccc(F)c2)nc1-c1ccccc1. The molecule has 0 saturated heterocycles. The van der Waals surface area contributed by atoms with Crippen molar-refractivity contribution in [2.45, 2.75) is 6.92 Å². The summed E-state index contributed by atoms with van der Waals surface area (Å²) < 4.78 is 18.5. The summed E-state index contributed by atoms with van der Waals surface area (Å²) in [5.41, 5.74) is 2.10. The number of nitrogens with one attached hydrogen (secondary N) is 1. The van der Waals surface area contributed by atoms with Crippen molar-refractivity contribution in [3.63, 3.8) is 0 Å². The molecule has 1 N–H and O–H groups in total. The Bertz CT molecular complexity index is 828. The molecule has 0 bridgehead atoms. The van der Waals surface area contributed by atoms with Crippen LogP contribution in [-0.2, 0) is 4.74 Å². The van der Waals surface area contributed by atoms with Gasteiger partial charge >= 0.3 is 5.97 Å². The van der Waals surface area contributed by atoms with Crippen molar-refractivity contribution in [1.82, 2.24) is 9.97 Å². The second-order valence-corrected chi connectivity index (χ2v) is 4.91. The molecule has 3 rings (SSSR count). The van der Waals surface area contributed by atoms with Gasteiger partial charge in [-0.15, -0.1) is 0 Å². The minimum atomic E-state index is -0.485. The number of hydrogen-bond donors (Lipinski definition) is 1. The lowest BCUT2D eigenvalue weighted by molar-refractivity contribution is 0.0521. The quantitative estimate of drug-likeness (QED) is 0.739. The van der Waals surface area contributed by atoms with Gasteiger partial charge in [0.05, 0.1) is 6.61 Å². The predicted octanol–water partition coefficient (Wildman–Crippen LogP) is 4.06. The first kappa shape index (κ1) is 15.0. The Morgan fingerprint density at radius 3 is 2.57 bits per heavy atom. The Morgan fingerprint density at radius 1 is 1.13 bits per heavy atom. The van der Waals surface area contributed by atoms with Crippen LogP contribution in [0.4, 0.5) is 4.39 Å². The van der Waals surface area contributed by atoms with Crippen LogP contribution in [-0.4, -0.2) is 22.5 Å². The number of ether oxygens (including phenoxy) is 1. The Morgan fingerprint density at radius 2 is 1.87 bits per heavy atom. The third-order valence-electron chi connectivity index (χ3n) is 3.33. The van der Waals surface area contributed by atoms with Crippen molar-refractivity contribution in [2.24, 2.45) is 0 Å². The minimum absolute atomic E-state index is 0.261. The van der Waals surface area contributed by atoms with Gasteiger partial charge in [-0.05, 0) is 19.1 Å². The van der Waals surface area contributed by atoms with Crippen molar-refractivity contribution in [1.29, 1.82) is 0 Å². The van der Waals surface area contributed by atoms with Crippen LogP contribution < -0.4 is 0 Å². The van der Waals surface area contributed by atoms with E-state index in [0.29, 0.717) is 17.1 Å². The third kappa shape index (κ3) is 3.13. The molecule has 0 spiro atoms. The van der Waals surface area contributed by atoms with Crippen LogP contribution in [0.5, 0.6) is 0 Å². The van der Waals surface area contributed by atoms with Crippen LogP contribution in [0.25, 0.3) is 22.6 Å². The van der Waals surface area contributed by atoms with Crippen LogP contribution in [0.2, 0.25) is 0 Å². The summed E-state index contributed by atoms with van der Waals surface area (Å²) in [7, 11) is 0. The van der Waals surface area contributed by atoms with Gasteiger partial charge in [0, 0.05) is 11.1 Å². The van der Waals surface area contributed by atoms with Gasteiger partial charge in [0.1, 0.15) is 17.3 Å². The number of rotatable bonds is 4. The second-order valence-electron chi connectivity index (χ2n) is 4.91. The molecule has 1 aromatic heterocycles. The van der Waals surface area contributed by atoms with Gasteiger partial charge in [-0.25, -0.2) is 14.2 Å². The number of carbonyl (C=O) groups is 1. The summed E-state index contributed by atoms with van der Waals surface area (Å²) in [6.07, 6.45) is 0. The Hall–Kier alpha value is -2.95. The number of nitrogens with zero attached hydrogens (tertiary/aromatic N) is 1. The zero-order chi connectivity index (χ0) is 16.2. The fraction of sp³-hybridized carbons (Fsp3) is 0.111. The molecule has 0 atom stereocenters. The van der Waals surface area contributed by atoms with Crippen molar-refractivity contribution < 1.29 is 13.9 Å². The minimum Gasteiger partial charge on any atom is -0.461 e. The molecule has 23 heavy (non-hydrogen) atoms. The number of halogens is 1. The van der Waals surface area contributed by atoms with E-state index >= 15 is 0 Å². The maximum Gasteiger partial charge on any atom is 0.357 e. The highest BCUT2D eigenvalue weighted by molar-refractivity contribution is 5.95.